The number of rotatable bonds is 6. The molecule has 0 amide bonds. The van der Waals surface area contributed by atoms with Crippen molar-refractivity contribution in [2.75, 3.05) is 0 Å². The largest absolute Gasteiger partial charge is 2.00 e. The number of H-pyrrole nitrogens is 2. The Kier molecular flexibility index (Phi) is 13.1. The molecule has 0 aliphatic heterocycles. The first-order chi connectivity index (χ1) is 24.3. The molecule has 8 rings (SSSR count). The van der Waals surface area contributed by atoms with Crippen molar-refractivity contribution in [3.05, 3.63) is 165 Å². The maximum atomic E-state index is 12.9. The number of benzene rings is 4. The minimum absolute atomic E-state index is 0. The fraction of sp³-hybridized carbons (Fsp3) is 0.100. The van der Waals surface area contributed by atoms with Gasteiger partial charge in [-0.3, -0.25) is 19.0 Å². The van der Waals surface area contributed by atoms with Crippen LogP contribution in [-0.4, -0.2) is 41.1 Å². The van der Waals surface area contributed by atoms with Gasteiger partial charge in [0, 0.05) is 71.9 Å². The molecular weight excluding hydrogens is 759 g/mol. The third-order valence-corrected chi connectivity index (χ3v) is 8.96. The Morgan fingerprint density at radius 2 is 0.868 bits per heavy atom. The fourth-order valence-corrected chi connectivity index (χ4v) is 6.08. The molecule has 0 unspecified atom stereocenters. The zero-order valence-electron chi connectivity index (χ0n) is 29.3. The van der Waals surface area contributed by atoms with E-state index in [2.05, 4.69) is 20.0 Å². The number of fused-ring (bicyclic) bond motifs is 2. The number of aliphatic imine (C=N–C) groups is 2. The van der Waals surface area contributed by atoms with Gasteiger partial charge in [0.05, 0.1) is 22.8 Å². The van der Waals surface area contributed by atoms with Crippen LogP contribution in [0.15, 0.2) is 141 Å². The van der Waals surface area contributed by atoms with Gasteiger partial charge in [0.2, 0.25) is 0 Å². The van der Waals surface area contributed by atoms with Gasteiger partial charge in [0.1, 0.15) is 0 Å². The molecular formula is C40H36Cl2CuN8O2. The van der Waals surface area contributed by atoms with E-state index in [0.29, 0.717) is 11.4 Å². The maximum Gasteiger partial charge on any atom is 2.00 e. The predicted molar refractivity (Wildman–Crippen MR) is 203 cm³/mol. The Bertz CT molecular complexity index is 2460. The quantitative estimate of drug-likeness (QED) is 0.197. The van der Waals surface area contributed by atoms with Crippen LogP contribution < -0.4 is 35.9 Å². The molecule has 53 heavy (non-hydrogen) atoms. The van der Waals surface area contributed by atoms with Gasteiger partial charge in [0.25, 0.3) is 11.1 Å². The van der Waals surface area contributed by atoms with Crippen LogP contribution in [0.2, 0.25) is 0 Å². The Morgan fingerprint density at radius 3 is 1.25 bits per heavy atom. The van der Waals surface area contributed by atoms with Crippen molar-refractivity contribution >= 4 is 45.6 Å². The van der Waals surface area contributed by atoms with Crippen molar-refractivity contribution in [2.24, 2.45) is 24.1 Å². The average molecular weight is 795 g/mol. The maximum absolute atomic E-state index is 12.9. The van der Waals surface area contributed by atoms with Gasteiger partial charge in [-0.25, -0.2) is 19.3 Å². The van der Waals surface area contributed by atoms with Crippen LogP contribution in [0.4, 0.5) is 11.4 Å². The number of hydrogen-bond acceptors (Lipinski definition) is 4. The number of nitrogens with one attached hydrogen (secondary N) is 2. The molecule has 0 aliphatic carbocycles. The van der Waals surface area contributed by atoms with E-state index >= 15 is 0 Å². The van der Waals surface area contributed by atoms with E-state index in [1.165, 1.54) is 0 Å². The minimum Gasteiger partial charge on any atom is -1.00 e. The summed E-state index contributed by atoms with van der Waals surface area (Å²) >= 11 is 0. The van der Waals surface area contributed by atoms with Crippen molar-refractivity contribution in [1.29, 1.82) is 0 Å². The van der Waals surface area contributed by atoms with E-state index in [0.717, 1.165) is 55.7 Å². The monoisotopic (exact) mass is 793 g/mol. The first kappa shape index (κ1) is 40.2. The topological polar surface area (TPSA) is 110 Å². The van der Waals surface area contributed by atoms with Crippen LogP contribution in [0.5, 0.6) is 0 Å². The third-order valence-electron chi connectivity index (χ3n) is 8.96. The molecule has 0 aliphatic rings. The van der Waals surface area contributed by atoms with Crippen LogP contribution in [0, 0.1) is 13.8 Å². The molecule has 0 fully saturated rings. The molecule has 4 heterocycles. The fourth-order valence-electron chi connectivity index (χ4n) is 6.08. The van der Waals surface area contributed by atoms with Crippen molar-refractivity contribution in [2.45, 2.75) is 13.8 Å². The molecule has 273 valence electrons. The first-order valence-corrected chi connectivity index (χ1v) is 16.2. The van der Waals surface area contributed by atoms with Crippen LogP contribution in [-0.2, 0) is 31.2 Å². The van der Waals surface area contributed by atoms with Gasteiger partial charge >= 0.3 is 17.1 Å². The molecule has 10 nitrogen and oxygen atoms in total. The van der Waals surface area contributed by atoms with Crippen molar-refractivity contribution < 1.29 is 41.9 Å². The SMILES string of the molecule is Cc1c(N=Cc2c[nH]c3ccccc23)c(=O)n(-c2ccccc2)n1C.Cc1c(N=Cc2c[nH]c3ccccc23)c(=O)n(-c2ccccc2)n1C.[Cl-].[Cl-].[Cu+2]. The van der Waals surface area contributed by atoms with Gasteiger partial charge in [-0.1, -0.05) is 72.8 Å². The number of aromatic amines is 2. The number of nitrogens with zero attached hydrogens (tertiary/aromatic N) is 6. The molecule has 0 saturated carbocycles. The molecule has 13 heteroatoms. The normalized spacial score (nSPS) is 10.9. The van der Waals surface area contributed by atoms with Crippen LogP contribution in [0.25, 0.3) is 33.2 Å². The Labute approximate surface area is 328 Å². The first-order valence-electron chi connectivity index (χ1n) is 16.2. The van der Waals surface area contributed by atoms with Gasteiger partial charge in [-0.2, -0.15) is 0 Å². The second-order valence-electron chi connectivity index (χ2n) is 11.9. The van der Waals surface area contributed by atoms with Gasteiger partial charge in [-0.05, 0) is 50.2 Å². The molecule has 0 atom stereocenters. The molecule has 2 N–H and O–H groups in total. The zero-order valence-corrected chi connectivity index (χ0v) is 31.7. The molecule has 0 bridgehead atoms. The molecule has 1 radical (unpaired) electrons. The number of halogens is 2. The Morgan fingerprint density at radius 1 is 0.528 bits per heavy atom. The smallest absolute Gasteiger partial charge is 1.00 e. The standard InChI is InChI=1S/2C20H18N4O.2ClH.Cu/c2*1-14-19(20(25)24(23(14)2)16-8-4-3-5-9-16)22-13-15-12-21-18-11-7-6-10-17(15)18;;;/h2*3-13,21H,1-2H3;2*1H;/q;;;;+2/p-2. The van der Waals surface area contributed by atoms with E-state index in [-0.39, 0.29) is 53.0 Å². The van der Waals surface area contributed by atoms with E-state index in [1.807, 2.05) is 159 Å². The number of aromatic nitrogens is 6. The summed E-state index contributed by atoms with van der Waals surface area (Å²) in [5, 5.41) is 2.17. The van der Waals surface area contributed by atoms with E-state index in [4.69, 9.17) is 0 Å². The van der Waals surface area contributed by atoms with Gasteiger partial charge in [0.15, 0.2) is 11.4 Å². The summed E-state index contributed by atoms with van der Waals surface area (Å²) in [6.07, 6.45) is 7.31. The minimum atomic E-state index is -0.123. The summed E-state index contributed by atoms with van der Waals surface area (Å²) in [5.41, 5.74) is 7.99. The number of hydrogen-bond donors (Lipinski definition) is 2. The summed E-state index contributed by atoms with van der Waals surface area (Å²) < 4.78 is 6.94. The van der Waals surface area contributed by atoms with Crippen LogP contribution >= 0.6 is 0 Å². The van der Waals surface area contributed by atoms with Gasteiger partial charge < -0.3 is 34.8 Å². The summed E-state index contributed by atoms with van der Waals surface area (Å²) in [7, 11) is 3.74. The summed E-state index contributed by atoms with van der Waals surface area (Å²) in [4.78, 5) is 41.2. The van der Waals surface area contributed by atoms with Crippen LogP contribution in [0.3, 0.4) is 0 Å². The molecule has 0 saturated heterocycles. The molecule has 4 aromatic heterocycles. The summed E-state index contributed by atoms with van der Waals surface area (Å²) in [6.45, 7) is 3.81. The summed E-state index contributed by atoms with van der Waals surface area (Å²) in [6, 6.07) is 35.2. The average Bonchev–Trinajstić information content (AvgIpc) is 3.86. The van der Waals surface area contributed by atoms with Crippen molar-refractivity contribution in [1.82, 2.24) is 28.7 Å². The van der Waals surface area contributed by atoms with E-state index < -0.39 is 0 Å². The van der Waals surface area contributed by atoms with E-state index in [9.17, 15) is 9.59 Å². The summed E-state index contributed by atoms with van der Waals surface area (Å²) in [5.74, 6) is 0. The second kappa shape index (κ2) is 17.3. The molecule has 0 spiro atoms. The van der Waals surface area contributed by atoms with Crippen molar-refractivity contribution in [3.8, 4) is 11.4 Å². The molecule has 4 aromatic carbocycles. The third kappa shape index (κ3) is 7.79. The second-order valence-corrected chi connectivity index (χ2v) is 11.9. The van der Waals surface area contributed by atoms with E-state index in [1.54, 1.807) is 21.8 Å². The number of para-hydroxylation sites is 4. The zero-order chi connectivity index (χ0) is 34.8. The predicted octanol–water partition coefficient (Wildman–Crippen LogP) is 1.44. The van der Waals surface area contributed by atoms with Crippen LogP contribution in [0.1, 0.15) is 22.5 Å². The van der Waals surface area contributed by atoms with Crippen molar-refractivity contribution in [3.63, 3.8) is 0 Å². The Hall–Kier alpha value is -5.58. The Balaban J connectivity index is 0.000000224. The van der Waals surface area contributed by atoms with Gasteiger partial charge in [-0.15, -0.1) is 0 Å². The molecule has 8 aromatic rings.